The molecule has 1 heterocycles. The molecule has 3 unspecified atom stereocenters. The van der Waals surface area contributed by atoms with Crippen LogP contribution in [-0.2, 0) is 4.79 Å². The van der Waals surface area contributed by atoms with Gasteiger partial charge in [-0.2, -0.15) is 0 Å². The summed E-state index contributed by atoms with van der Waals surface area (Å²) < 4.78 is 6.04. The molecule has 1 saturated heterocycles. The van der Waals surface area contributed by atoms with Crippen molar-refractivity contribution < 1.29 is 9.53 Å². The van der Waals surface area contributed by atoms with Crippen LogP contribution in [0.2, 0.25) is 0 Å². The molecule has 0 radical (unpaired) electrons. The molecule has 4 nitrogen and oxygen atoms in total. The first kappa shape index (κ1) is 22.2. The molecular weight excluding hydrogens is 372 g/mol. The fraction of sp³-hybridized carbons (Fsp3) is 0.500. The molecular formula is C26H36N2O2. The van der Waals surface area contributed by atoms with E-state index in [1.54, 1.807) is 0 Å². The minimum Gasteiger partial charge on any atom is -0.480 e. The highest BCUT2D eigenvalue weighted by Crippen LogP contribution is 2.25. The average Bonchev–Trinajstić information content (AvgIpc) is 2.73. The molecule has 3 rings (SSSR count). The first-order valence-electron chi connectivity index (χ1n) is 11.3. The maximum atomic E-state index is 12.8. The monoisotopic (exact) mass is 408 g/mol. The number of nitrogens with zero attached hydrogens (tertiary/aromatic N) is 1. The van der Waals surface area contributed by atoms with Gasteiger partial charge in [-0.05, 0) is 75.3 Å². The summed E-state index contributed by atoms with van der Waals surface area (Å²) in [5.74, 6) is 1.45. The van der Waals surface area contributed by atoms with Crippen molar-refractivity contribution >= 4 is 11.6 Å². The van der Waals surface area contributed by atoms with Crippen molar-refractivity contribution in [2.45, 2.75) is 66.0 Å². The quantitative estimate of drug-likeness (QED) is 0.651. The molecule has 1 fully saturated rings. The van der Waals surface area contributed by atoms with Gasteiger partial charge in [-0.15, -0.1) is 0 Å². The third kappa shape index (κ3) is 5.56. The zero-order valence-corrected chi connectivity index (χ0v) is 19.1. The standard InChI is InChI=1S/C26H36N2O2/c1-6-24(30-25-14-9-18(2)16-20(25)4)26(29)27-21(5)22-10-12-23(13-11-22)28-15-7-8-19(3)17-28/h9-14,16,19,21,24H,6-8,15,17H2,1-5H3,(H,27,29). The van der Waals surface area contributed by atoms with Crippen LogP contribution in [0.25, 0.3) is 0 Å². The van der Waals surface area contributed by atoms with E-state index >= 15 is 0 Å². The molecule has 1 amide bonds. The molecule has 162 valence electrons. The molecule has 1 aliphatic heterocycles. The van der Waals surface area contributed by atoms with E-state index in [1.807, 2.05) is 32.9 Å². The number of nitrogens with one attached hydrogen (secondary N) is 1. The molecule has 1 aliphatic rings. The van der Waals surface area contributed by atoms with Crippen molar-refractivity contribution in [1.82, 2.24) is 5.32 Å². The lowest BCUT2D eigenvalue weighted by Gasteiger charge is -2.33. The molecule has 0 saturated carbocycles. The van der Waals surface area contributed by atoms with Gasteiger partial charge in [-0.1, -0.05) is 43.7 Å². The average molecular weight is 409 g/mol. The van der Waals surface area contributed by atoms with E-state index in [0.717, 1.165) is 35.9 Å². The number of benzene rings is 2. The Morgan fingerprint density at radius 2 is 1.93 bits per heavy atom. The van der Waals surface area contributed by atoms with Crippen molar-refractivity contribution in [3.05, 3.63) is 59.2 Å². The van der Waals surface area contributed by atoms with Gasteiger partial charge in [0.15, 0.2) is 6.10 Å². The highest BCUT2D eigenvalue weighted by Gasteiger charge is 2.22. The summed E-state index contributed by atoms with van der Waals surface area (Å²) in [5, 5.41) is 3.13. The van der Waals surface area contributed by atoms with Crippen molar-refractivity contribution in [2.75, 3.05) is 18.0 Å². The number of amides is 1. The van der Waals surface area contributed by atoms with Crippen molar-refractivity contribution in [3.63, 3.8) is 0 Å². The van der Waals surface area contributed by atoms with Crippen LogP contribution in [0.3, 0.4) is 0 Å². The van der Waals surface area contributed by atoms with Crippen LogP contribution in [0.1, 0.15) is 62.8 Å². The van der Waals surface area contributed by atoms with E-state index in [2.05, 4.69) is 54.4 Å². The Kier molecular flexibility index (Phi) is 7.41. The predicted molar refractivity (Wildman–Crippen MR) is 124 cm³/mol. The van der Waals surface area contributed by atoms with Gasteiger partial charge in [-0.3, -0.25) is 4.79 Å². The van der Waals surface area contributed by atoms with Crippen LogP contribution in [-0.4, -0.2) is 25.1 Å². The fourth-order valence-electron chi connectivity index (χ4n) is 4.19. The van der Waals surface area contributed by atoms with Gasteiger partial charge in [0.1, 0.15) is 5.75 Å². The van der Waals surface area contributed by atoms with Gasteiger partial charge >= 0.3 is 0 Å². The van der Waals surface area contributed by atoms with E-state index in [-0.39, 0.29) is 11.9 Å². The minimum absolute atomic E-state index is 0.0661. The summed E-state index contributed by atoms with van der Waals surface area (Å²) in [7, 11) is 0. The van der Waals surface area contributed by atoms with Gasteiger partial charge in [0, 0.05) is 18.8 Å². The molecule has 0 bridgehead atoms. The largest absolute Gasteiger partial charge is 0.480 e. The number of carbonyl (C=O) groups excluding carboxylic acids is 1. The molecule has 30 heavy (non-hydrogen) atoms. The third-order valence-electron chi connectivity index (χ3n) is 6.04. The van der Waals surface area contributed by atoms with Crippen LogP contribution in [0.4, 0.5) is 5.69 Å². The van der Waals surface area contributed by atoms with E-state index in [1.165, 1.54) is 24.1 Å². The molecule has 3 atom stereocenters. The van der Waals surface area contributed by atoms with Crippen molar-refractivity contribution in [2.24, 2.45) is 5.92 Å². The maximum Gasteiger partial charge on any atom is 0.261 e. The van der Waals surface area contributed by atoms with E-state index < -0.39 is 6.10 Å². The van der Waals surface area contributed by atoms with Crippen LogP contribution in [0, 0.1) is 19.8 Å². The Morgan fingerprint density at radius 3 is 2.57 bits per heavy atom. The van der Waals surface area contributed by atoms with E-state index in [4.69, 9.17) is 4.74 Å². The zero-order valence-electron chi connectivity index (χ0n) is 19.1. The Bertz CT molecular complexity index is 847. The lowest BCUT2D eigenvalue weighted by atomic mass is 9.99. The maximum absolute atomic E-state index is 12.8. The first-order chi connectivity index (χ1) is 14.4. The highest BCUT2D eigenvalue weighted by atomic mass is 16.5. The number of ether oxygens (including phenoxy) is 1. The van der Waals surface area contributed by atoms with E-state index in [9.17, 15) is 4.79 Å². The van der Waals surface area contributed by atoms with Gasteiger partial charge < -0.3 is 15.0 Å². The summed E-state index contributed by atoms with van der Waals surface area (Å²) in [5.41, 5.74) is 4.62. The Balaban J connectivity index is 1.60. The van der Waals surface area contributed by atoms with E-state index in [0.29, 0.717) is 6.42 Å². The Hall–Kier alpha value is -2.49. The number of hydrogen-bond acceptors (Lipinski definition) is 3. The topological polar surface area (TPSA) is 41.6 Å². The Morgan fingerprint density at radius 1 is 1.20 bits per heavy atom. The first-order valence-corrected chi connectivity index (χ1v) is 11.3. The molecule has 4 heteroatoms. The van der Waals surface area contributed by atoms with Crippen LogP contribution in [0.15, 0.2) is 42.5 Å². The number of piperidine rings is 1. The third-order valence-corrected chi connectivity index (χ3v) is 6.04. The van der Waals surface area contributed by atoms with Gasteiger partial charge in [0.2, 0.25) is 0 Å². The number of carbonyl (C=O) groups is 1. The molecule has 2 aromatic carbocycles. The van der Waals surface area contributed by atoms with Crippen LogP contribution >= 0.6 is 0 Å². The predicted octanol–water partition coefficient (Wildman–Crippen LogP) is 5.57. The van der Waals surface area contributed by atoms with Crippen molar-refractivity contribution in [3.8, 4) is 5.75 Å². The second-order valence-electron chi connectivity index (χ2n) is 8.80. The number of anilines is 1. The summed E-state index contributed by atoms with van der Waals surface area (Å²) in [6.45, 7) is 12.7. The van der Waals surface area contributed by atoms with Gasteiger partial charge in [-0.25, -0.2) is 0 Å². The second kappa shape index (κ2) is 10.0. The van der Waals surface area contributed by atoms with Gasteiger partial charge in [0.25, 0.3) is 5.91 Å². The van der Waals surface area contributed by atoms with Crippen molar-refractivity contribution in [1.29, 1.82) is 0 Å². The summed E-state index contributed by atoms with van der Waals surface area (Å²) >= 11 is 0. The number of aryl methyl sites for hydroxylation is 2. The lowest BCUT2D eigenvalue weighted by molar-refractivity contribution is -0.128. The SMILES string of the molecule is CCC(Oc1ccc(C)cc1C)C(=O)NC(C)c1ccc(N2CCCC(C)C2)cc1. The molecule has 0 spiro atoms. The zero-order chi connectivity index (χ0) is 21.7. The van der Waals surface area contributed by atoms with Crippen LogP contribution in [0.5, 0.6) is 5.75 Å². The molecule has 0 aliphatic carbocycles. The number of rotatable bonds is 7. The fourth-order valence-corrected chi connectivity index (χ4v) is 4.19. The Labute approximate surface area is 181 Å². The highest BCUT2D eigenvalue weighted by molar-refractivity contribution is 5.81. The second-order valence-corrected chi connectivity index (χ2v) is 8.80. The summed E-state index contributed by atoms with van der Waals surface area (Å²) in [6.07, 6.45) is 2.70. The minimum atomic E-state index is -0.497. The normalized spacial score (nSPS) is 18.6. The number of hydrogen-bond donors (Lipinski definition) is 1. The smallest absolute Gasteiger partial charge is 0.261 e. The lowest BCUT2D eigenvalue weighted by Crippen LogP contribution is -2.39. The summed E-state index contributed by atoms with van der Waals surface area (Å²) in [6, 6.07) is 14.6. The molecule has 2 aromatic rings. The van der Waals surface area contributed by atoms with Gasteiger partial charge in [0.05, 0.1) is 6.04 Å². The van der Waals surface area contributed by atoms with Crippen LogP contribution < -0.4 is 15.0 Å². The molecule has 0 aromatic heterocycles. The summed E-state index contributed by atoms with van der Waals surface area (Å²) in [4.78, 5) is 15.3. The molecule has 1 N–H and O–H groups in total.